The Bertz CT molecular complexity index is 745. The fourth-order valence-electron chi connectivity index (χ4n) is 4.27. The highest BCUT2D eigenvalue weighted by molar-refractivity contribution is 5.74. The summed E-state index contributed by atoms with van der Waals surface area (Å²) in [6, 6.07) is 10.8. The van der Waals surface area contributed by atoms with E-state index >= 15 is 0 Å². The number of rotatable bonds is 5. The number of piperazine rings is 1. The molecule has 0 bridgehead atoms. The Hall–Kier alpha value is -2.34. The maximum absolute atomic E-state index is 12.5. The van der Waals surface area contributed by atoms with Crippen molar-refractivity contribution in [2.75, 3.05) is 32.7 Å². The minimum absolute atomic E-state index is 0.132. The molecule has 1 saturated heterocycles. The van der Waals surface area contributed by atoms with Gasteiger partial charge in [-0.2, -0.15) is 0 Å². The molecule has 28 heavy (non-hydrogen) atoms. The molecule has 0 unspecified atom stereocenters. The summed E-state index contributed by atoms with van der Waals surface area (Å²) in [6.07, 6.45) is 10.0. The van der Waals surface area contributed by atoms with E-state index in [1.165, 1.54) is 19.3 Å². The zero-order valence-corrected chi connectivity index (χ0v) is 16.6. The first-order valence-corrected chi connectivity index (χ1v) is 10.6. The van der Waals surface area contributed by atoms with Gasteiger partial charge in [0.05, 0.1) is 0 Å². The van der Waals surface area contributed by atoms with Crippen LogP contribution in [0.3, 0.4) is 0 Å². The predicted octanol–water partition coefficient (Wildman–Crippen LogP) is 3.21. The van der Waals surface area contributed by atoms with Crippen molar-refractivity contribution in [2.45, 2.75) is 44.7 Å². The van der Waals surface area contributed by atoms with Crippen molar-refractivity contribution in [1.29, 1.82) is 0 Å². The zero-order chi connectivity index (χ0) is 19.2. The van der Waals surface area contributed by atoms with Crippen molar-refractivity contribution in [2.24, 2.45) is 0 Å². The standard InChI is InChI=1S/C22H31N5O/c28-22(24-20-9-5-2-6-10-20)27-17-14-25(15-18-27)13-16-26-12-11-23-21(26)19-7-3-1-4-8-19/h1,3-4,7-8,11-12,20H,2,5-6,9-10,13-18H2,(H,24,28). The van der Waals surface area contributed by atoms with Gasteiger partial charge in [-0.15, -0.1) is 0 Å². The van der Waals surface area contributed by atoms with E-state index in [0.717, 1.165) is 63.5 Å². The zero-order valence-electron chi connectivity index (χ0n) is 16.6. The largest absolute Gasteiger partial charge is 0.335 e. The van der Waals surface area contributed by atoms with Gasteiger partial charge in [-0.05, 0) is 12.8 Å². The van der Waals surface area contributed by atoms with Crippen LogP contribution in [0.15, 0.2) is 42.7 Å². The summed E-state index contributed by atoms with van der Waals surface area (Å²) in [6.45, 7) is 5.40. The first kappa shape index (κ1) is 19.0. The Labute approximate surface area is 167 Å². The van der Waals surface area contributed by atoms with Crippen LogP contribution in [0, 0.1) is 0 Å². The van der Waals surface area contributed by atoms with Crippen LogP contribution >= 0.6 is 0 Å². The van der Waals surface area contributed by atoms with Crippen LogP contribution in [-0.2, 0) is 6.54 Å². The molecule has 1 aromatic heterocycles. The normalized spacial score (nSPS) is 18.9. The fraction of sp³-hybridized carbons (Fsp3) is 0.545. The lowest BCUT2D eigenvalue weighted by atomic mass is 9.96. The molecule has 6 heteroatoms. The van der Waals surface area contributed by atoms with Crippen molar-refractivity contribution >= 4 is 6.03 Å². The van der Waals surface area contributed by atoms with Crippen molar-refractivity contribution in [3.8, 4) is 11.4 Å². The summed E-state index contributed by atoms with van der Waals surface area (Å²) in [4.78, 5) is 21.5. The predicted molar refractivity (Wildman–Crippen MR) is 111 cm³/mol. The second-order valence-electron chi connectivity index (χ2n) is 7.92. The van der Waals surface area contributed by atoms with Gasteiger partial charge < -0.3 is 14.8 Å². The highest BCUT2D eigenvalue weighted by Gasteiger charge is 2.23. The molecule has 2 heterocycles. The van der Waals surface area contributed by atoms with E-state index in [2.05, 4.69) is 38.1 Å². The number of urea groups is 1. The summed E-state index contributed by atoms with van der Waals surface area (Å²) in [7, 11) is 0. The number of hydrogen-bond donors (Lipinski definition) is 1. The number of aromatic nitrogens is 2. The quantitative estimate of drug-likeness (QED) is 0.865. The van der Waals surface area contributed by atoms with E-state index in [9.17, 15) is 4.79 Å². The van der Waals surface area contributed by atoms with Crippen LogP contribution in [0.1, 0.15) is 32.1 Å². The van der Waals surface area contributed by atoms with E-state index in [1.807, 2.05) is 29.3 Å². The lowest BCUT2D eigenvalue weighted by Crippen LogP contribution is -2.54. The lowest BCUT2D eigenvalue weighted by molar-refractivity contribution is 0.133. The van der Waals surface area contributed by atoms with Crippen LogP contribution in [0.25, 0.3) is 11.4 Å². The molecule has 2 amide bonds. The van der Waals surface area contributed by atoms with E-state index < -0.39 is 0 Å². The van der Waals surface area contributed by atoms with Crippen molar-refractivity contribution in [3.63, 3.8) is 0 Å². The number of carbonyl (C=O) groups is 1. The topological polar surface area (TPSA) is 53.4 Å². The SMILES string of the molecule is O=C(NC1CCCCC1)N1CCN(CCn2ccnc2-c2ccccc2)CC1. The van der Waals surface area contributed by atoms with Crippen molar-refractivity contribution in [1.82, 2.24) is 24.7 Å². The summed E-state index contributed by atoms with van der Waals surface area (Å²) < 4.78 is 2.22. The van der Waals surface area contributed by atoms with Gasteiger partial charge in [0.1, 0.15) is 5.82 Å². The number of hydrogen-bond acceptors (Lipinski definition) is 3. The van der Waals surface area contributed by atoms with Gasteiger partial charge in [0.15, 0.2) is 0 Å². The second-order valence-corrected chi connectivity index (χ2v) is 7.92. The van der Waals surface area contributed by atoms with Crippen LogP contribution in [-0.4, -0.2) is 64.1 Å². The van der Waals surface area contributed by atoms with Gasteiger partial charge in [-0.25, -0.2) is 9.78 Å². The summed E-state index contributed by atoms with van der Waals surface area (Å²) >= 11 is 0. The number of nitrogens with zero attached hydrogens (tertiary/aromatic N) is 4. The van der Waals surface area contributed by atoms with Crippen LogP contribution in [0.4, 0.5) is 4.79 Å². The monoisotopic (exact) mass is 381 g/mol. The molecular weight excluding hydrogens is 350 g/mol. The minimum Gasteiger partial charge on any atom is -0.335 e. The van der Waals surface area contributed by atoms with Crippen molar-refractivity contribution < 1.29 is 4.79 Å². The van der Waals surface area contributed by atoms with Gasteiger partial charge in [0.25, 0.3) is 0 Å². The van der Waals surface area contributed by atoms with Crippen molar-refractivity contribution in [3.05, 3.63) is 42.7 Å². The molecule has 4 rings (SSSR count). The van der Waals surface area contributed by atoms with E-state index in [0.29, 0.717) is 6.04 Å². The third-order valence-corrected chi connectivity index (χ3v) is 6.00. The Morgan fingerprint density at radius 3 is 2.50 bits per heavy atom. The Balaban J connectivity index is 1.23. The van der Waals surface area contributed by atoms with Crippen LogP contribution in [0.2, 0.25) is 0 Å². The third-order valence-electron chi connectivity index (χ3n) is 6.00. The number of carbonyl (C=O) groups excluding carboxylic acids is 1. The van der Waals surface area contributed by atoms with E-state index in [1.54, 1.807) is 0 Å². The number of imidazole rings is 1. The third kappa shape index (κ3) is 4.73. The van der Waals surface area contributed by atoms with Crippen LogP contribution < -0.4 is 5.32 Å². The fourth-order valence-corrected chi connectivity index (χ4v) is 4.27. The molecule has 0 spiro atoms. The molecule has 2 fully saturated rings. The highest BCUT2D eigenvalue weighted by Crippen LogP contribution is 2.18. The van der Waals surface area contributed by atoms with Gasteiger partial charge in [0, 0.05) is 63.3 Å². The molecule has 0 radical (unpaired) electrons. The highest BCUT2D eigenvalue weighted by atomic mass is 16.2. The molecule has 1 saturated carbocycles. The first-order chi connectivity index (χ1) is 13.8. The lowest BCUT2D eigenvalue weighted by Gasteiger charge is -2.36. The first-order valence-electron chi connectivity index (χ1n) is 10.6. The molecule has 1 N–H and O–H groups in total. The maximum Gasteiger partial charge on any atom is 0.317 e. The summed E-state index contributed by atoms with van der Waals surface area (Å²) in [5.41, 5.74) is 1.15. The molecule has 1 aliphatic carbocycles. The minimum atomic E-state index is 0.132. The summed E-state index contributed by atoms with van der Waals surface area (Å²) in [5, 5.41) is 3.24. The van der Waals surface area contributed by atoms with E-state index in [4.69, 9.17) is 0 Å². The molecule has 2 aliphatic rings. The number of amides is 2. The van der Waals surface area contributed by atoms with Gasteiger partial charge in [-0.3, -0.25) is 4.90 Å². The van der Waals surface area contributed by atoms with E-state index in [-0.39, 0.29) is 6.03 Å². The number of nitrogens with one attached hydrogen (secondary N) is 1. The summed E-state index contributed by atoms with van der Waals surface area (Å²) in [5.74, 6) is 1.02. The Kier molecular flexibility index (Phi) is 6.27. The Morgan fingerprint density at radius 2 is 1.75 bits per heavy atom. The maximum atomic E-state index is 12.5. The molecule has 0 atom stereocenters. The molecule has 6 nitrogen and oxygen atoms in total. The average molecular weight is 382 g/mol. The molecule has 2 aromatic rings. The molecular formula is C22H31N5O. The second kappa shape index (κ2) is 9.24. The molecule has 150 valence electrons. The number of benzene rings is 1. The van der Waals surface area contributed by atoms with Gasteiger partial charge in [-0.1, -0.05) is 49.6 Å². The molecule has 1 aliphatic heterocycles. The molecule has 1 aromatic carbocycles. The Morgan fingerprint density at radius 1 is 1.00 bits per heavy atom. The van der Waals surface area contributed by atoms with Crippen LogP contribution in [0.5, 0.6) is 0 Å². The van der Waals surface area contributed by atoms with Gasteiger partial charge in [0.2, 0.25) is 0 Å². The average Bonchev–Trinajstić information content (AvgIpc) is 3.23. The van der Waals surface area contributed by atoms with Gasteiger partial charge >= 0.3 is 6.03 Å². The smallest absolute Gasteiger partial charge is 0.317 e.